The van der Waals surface area contributed by atoms with Crippen LogP contribution in [0.2, 0.25) is 5.15 Å². The summed E-state index contributed by atoms with van der Waals surface area (Å²) in [5.74, 6) is 0. The Morgan fingerprint density at radius 2 is 2.29 bits per heavy atom. The van der Waals surface area contributed by atoms with E-state index in [1.165, 1.54) is 31.4 Å². The molecule has 1 fully saturated rings. The lowest BCUT2D eigenvalue weighted by molar-refractivity contribution is 0.331. The maximum absolute atomic E-state index is 6.02. The van der Waals surface area contributed by atoms with E-state index < -0.39 is 0 Å². The summed E-state index contributed by atoms with van der Waals surface area (Å²) in [6.45, 7) is 0. The zero-order chi connectivity index (χ0) is 9.54. The van der Waals surface area contributed by atoms with E-state index >= 15 is 0 Å². The van der Waals surface area contributed by atoms with Crippen LogP contribution in [-0.4, -0.2) is 15.6 Å². The van der Waals surface area contributed by atoms with Gasteiger partial charge in [0.2, 0.25) is 0 Å². The molecule has 1 aliphatic carbocycles. The van der Waals surface area contributed by atoms with Crippen molar-refractivity contribution in [3.63, 3.8) is 0 Å². The molecule has 1 unspecified atom stereocenters. The van der Waals surface area contributed by atoms with Gasteiger partial charge in [-0.2, -0.15) is 0 Å². The summed E-state index contributed by atoms with van der Waals surface area (Å²) < 4.78 is 2.21. The van der Waals surface area contributed by atoms with Gasteiger partial charge in [0.05, 0.1) is 18.2 Å². The molecule has 2 heterocycles. The summed E-state index contributed by atoms with van der Waals surface area (Å²) in [6.07, 6.45) is 8.46. The van der Waals surface area contributed by atoms with Gasteiger partial charge in [0.15, 0.2) is 0 Å². The Morgan fingerprint density at radius 3 is 3.07 bits per heavy atom. The van der Waals surface area contributed by atoms with Crippen LogP contribution in [0.3, 0.4) is 0 Å². The summed E-state index contributed by atoms with van der Waals surface area (Å²) in [5.41, 5.74) is 1.20. The monoisotopic (exact) mass is 211 g/mol. The summed E-state index contributed by atoms with van der Waals surface area (Å²) in [5, 5.41) is 4.31. The molecule has 1 N–H and O–H groups in total. The van der Waals surface area contributed by atoms with Crippen LogP contribution in [0.25, 0.3) is 0 Å². The molecule has 0 saturated heterocycles. The second-order valence-corrected chi connectivity index (χ2v) is 4.60. The first-order valence-electron chi connectivity index (χ1n) is 5.32. The van der Waals surface area contributed by atoms with Crippen LogP contribution in [-0.2, 0) is 6.42 Å². The average Bonchev–Trinajstić information content (AvgIpc) is 2.92. The minimum atomic E-state index is 0.436. The molecular weight excluding hydrogens is 198 g/mol. The Labute approximate surface area is 88.5 Å². The predicted octanol–water partition coefficient (Wildman–Crippen LogP) is 2.12. The number of hydrogen-bond acceptors (Lipinski definition) is 2. The van der Waals surface area contributed by atoms with Crippen molar-refractivity contribution in [1.82, 2.24) is 14.9 Å². The van der Waals surface area contributed by atoms with Crippen LogP contribution < -0.4 is 5.32 Å². The normalized spacial score (nSPS) is 26.2. The molecule has 1 aromatic heterocycles. The van der Waals surface area contributed by atoms with Gasteiger partial charge >= 0.3 is 0 Å². The number of hydrogen-bond donors (Lipinski definition) is 1. The van der Waals surface area contributed by atoms with Crippen LogP contribution in [0.4, 0.5) is 0 Å². The van der Waals surface area contributed by atoms with E-state index in [1.54, 1.807) is 0 Å². The van der Waals surface area contributed by atoms with Crippen molar-refractivity contribution in [3.05, 3.63) is 17.2 Å². The van der Waals surface area contributed by atoms with Crippen molar-refractivity contribution in [2.75, 3.05) is 0 Å². The van der Waals surface area contributed by atoms with Gasteiger partial charge in [-0.3, -0.25) is 5.32 Å². The molecule has 0 bridgehead atoms. The molecular formula is C10H14ClN3. The van der Waals surface area contributed by atoms with Crippen LogP contribution in [0.15, 0.2) is 6.33 Å². The quantitative estimate of drug-likeness (QED) is 0.812. The van der Waals surface area contributed by atoms with Crippen molar-refractivity contribution in [3.8, 4) is 0 Å². The van der Waals surface area contributed by atoms with Gasteiger partial charge in [0.25, 0.3) is 0 Å². The molecule has 0 aromatic carbocycles. The van der Waals surface area contributed by atoms with Crippen molar-refractivity contribution in [2.45, 2.75) is 44.3 Å². The smallest absolute Gasteiger partial charge is 0.150 e. The third-order valence-corrected chi connectivity index (χ3v) is 3.39. The molecule has 1 aliphatic heterocycles. The molecule has 1 aromatic rings. The molecule has 76 valence electrons. The second-order valence-electron chi connectivity index (χ2n) is 4.24. The number of imidazole rings is 1. The number of aromatic nitrogens is 2. The largest absolute Gasteiger partial charge is 0.317 e. The van der Waals surface area contributed by atoms with E-state index in [4.69, 9.17) is 11.6 Å². The zero-order valence-corrected chi connectivity index (χ0v) is 8.80. The van der Waals surface area contributed by atoms with E-state index in [0.717, 1.165) is 12.5 Å². The highest BCUT2D eigenvalue weighted by molar-refractivity contribution is 6.30. The zero-order valence-electron chi connectivity index (χ0n) is 8.04. The Kier molecular flexibility index (Phi) is 2.03. The molecule has 4 heteroatoms. The predicted molar refractivity (Wildman–Crippen MR) is 55.4 cm³/mol. The van der Waals surface area contributed by atoms with Crippen LogP contribution in [0.1, 0.15) is 37.5 Å². The number of halogens is 1. The van der Waals surface area contributed by atoms with E-state index in [2.05, 4.69) is 14.9 Å². The number of nitrogens with zero attached hydrogens (tertiary/aromatic N) is 2. The van der Waals surface area contributed by atoms with E-state index in [1.807, 2.05) is 6.33 Å². The van der Waals surface area contributed by atoms with Gasteiger partial charge in [-0.15, -0.1) is 0 Å². The Morgan fingerprint density at radius 1 is 1.43 bits per heavy atom. The fourth-order valence-electron chi connectivity index (χ4n) is 2.15. The second kappa shape index (κ2) is 3.24. The third kappa shape index (κ3) is 1.44. The van der Waals surface area contributed by atoms with E-state index in [9.17, 15) is 0 Å². The lowest BCUT2D eigenvalue weighted by Crippen LogP contribution is -2.31. The van der Waals surface area contributed by atoms with E-state index in [-0.39, 0.29) is 0 Å². The van der Waals surface area contributed by atoms with Crippen molar-refractivity contribution >= 4 is 11.6 Å². The molecule has 3 nitrogen and oxygen atoms in total. The van der Waals surface area contributed by atoms with Gasteiger partial charge in [-0.05, 0) is 32.1 Å². The molecule has 14 heavy (non-hydrogen) atoms. The highest BCUT2D eigenvalue weighted by Crippen LogP contribution is 2.30. The SMILES string of the molecule is Clc1ncn2c1CCCC2NC1CC1. The number of nitrogens with one attached hydrogen (secondary N) is 1. The Bertz CT molecular complexity index is 343. The fourth-order valence-corrected chi connectivity index (χ4v) is 2.39. The molecule has 0 spiro atoms. The summed E-state index contributed by atoms with van der Waals surface area (Å²) in [7, 11) is 0. The minimum Gasteiger partial charge on any atom is -0.317 e. The lowest BCUT2D eigenvalue weighted by atomic mass is 10.1. The topological polar surface area (TPSA) is 29.9 Å². The van der Waals surface area contributed by atoms with Crippen molar-refractivity contribution < 1.29 is 0 Å². The van der Waals surface area contributed by atoms with Gasteiger partial charge in [-0.1, -0.05) is 11.6 Å². The molecule has 2 aliphatic rings. The highest BCUT2D eigenvalue weighted by Gasteiger charge is 2.28. The summed E-state index contributed by atoms with van der Waals surface area (Å²) >= 11 is 6.02. The average molecular weight is 212 g/mol. The van der Waals surface area contributed by atoms with Gasteiger partial charge in [0.1, 0.15) is 5.15 Å². The van der Waals surface area contributed by atoms with Crippen LogP contribution in [0, 0.1) is 0 Å². The first-order chi connectivity index (χ1) is 6.84. The summed E-state index contributed by atoms with van der Waals surface area (Å²) in [6, 6.07) is 0.743. The standard InChI is InChI=1S/C10H14ClN3/c11-10-8-2-1-3-9(13-7-4-5-7)14(8)6-12-10/h6-7,9,13H,1-5H2. The summed E-state index contributed by atoms with van der Waals surface area (Å²) in [4.78, 5) is 4.16. The third-order valence-electron chi connectivity index (χ3n) is 3.08. The molecule has 0 amide bonds. The van der Waals surface area contributed by atoms with Crippen molar-refractivity contribution in [2.24, 2.45) is 0 Å². The Hall–Kier alpha value is -0.540. The maximum atomic E-state index is 6.02. The van der Waals surface area contributed by atoms with Gasteiger partial charge < -0.3 is 4.57 Å². The first kappa shape index (κ1) is 8.74. The fraction of sp³-hybridized carbons (Fsp3) is 0.700. The van der Waals surface area contributed by atoms with Crippen LogP contribution in [0.5, 0.6) is 0 Å². The molecule has 1 saturated carbocycles. The molecule has 3 rings (SSSR count). The first-order valence-corrected chi connectivity index (χ1v) is 5.69. The van der Waals surface area contributed by atoms with E-state index in [0.29, 0.717) is 11.3 Å². The van der Waals surface area contributed by atoms with Gasteiger partial charge in [-0.25, -0.2) is 4.98 Å². The van der Waals surface area contributed by atoms with Gasteiger partial charge in [0, 0.05) is 6.04 Å². The Balaban J connectivity index is 1.86. The van der Waals surface area contributed by atoms with Crippen molar-refractivity contribution in [1.29, 1.82) is 0 Å². The van der Waals surface area contributed by atoms with Crippen LogP contribution >= 0.6 is 11.6 Å². The number of fused-ring (bicyclic) bond motifs is 1. The maximum Gasteiger partial charge on any atom is 0.150 e. The molecule has 0 radical (unpaired) electrons. The molecule has 1 atom stereocenters. The minimum absolute atomic E-state index is 0.436. The lowest BCUT2D eigenvalue weighted by Gasteiger charge is -2.26. The highest BCUT2D eigenvalue weighted by atomic mass is 35.5. The number of rotatable bonds is 2.